The summed E-state index contributed by atoms with van der Waals surface area (Å²) in [5.74, 6) is 2.19. The summed E-state index contributed by atoms with van der Waals surface area (Å²) in [4.78, 5) is 0. The fourth-order valence-corrected chi connectivity index (χ4v) is 2.93. The van der Waals surface area contributed by atoms with Gasteiger partial charge in [0.2, 0.25) is 5.75 Å². The molecule has 1 unspecified atom stereocenters. The molecule has 1 aromatic carbocycles. The maximum absolute atomic E-state index is 6.42. The Morgan fingerprint density at radius 2 is 1.78 bits per heavy atom. The van der Waals surface area contributed by atoms with Crippen LogP contribution in [0.15, 0.2) is 12.1 Å². The summed E-state index contributed by atoms with van der Waals surface area (Å²) in [5.41, 5.74) is 6.70. The average molecular weight is 249 g/mol. The van der Waals surface area contributed by atoms with Crippen LogP contribution in [0.1, 0.15) is 32.8 Å². The van der Waals surface area contributed by atoms with Crippen molar-refractivity contribution in [1.29, 1.82) is 0 Å². The first-order chi connectivity index (χ1) is 8.39. The van der Waals surface area contributed by atoms with Gasteiger partial charge in [0.25, 0.3) is 0 Å². The van der Waals surface area contributed by atoms with Gasteiger partial charge in [-0.15, -0.1) is 0 Å². The zero-order valence-corrected chi connectivity index (χ0v) is 11.1. The van der Waals surface area contributed by atoms with Crippen molar-refractivity contribution in [3.8, 4) is 17.2 Å². The number of hydrogen-bond acceptors (Lipinski definition) is 4. The van der Waals surface area contributed by atoms with Crippen LogP contribution >= 0.6 is 0 Å². The van der Waals surface area contributed by atoms with Gasteiger partial charge in [0, 0.05) is 17.5 Å². The molecule has 2 N–H and O–H groups in total. The van der Waals surface area contributed by atoms with Crippen molar-refractivity contribution in [2.45, 2.75) is 38.3 Å². The highest BCUT2D eigenvalue weighted by Crippen LogP contribution is 2.50. The van der Waals surface area contributed by atoms with Crippen LogP contribution in [0.2, 0.25) is 0 Å². The molecule has 18 heavy (non-hydrogen) atoms. The second-order valence-corrected chi connectivity index (χ2v) is 5.92. The van der Waals surface area contributed by atoms with Gasteiger partial charge < -0.3 is 19.9 Å². The maximum Gasteiger partial charge on any atom is 0.204 e. The number of hydrogen-bond donors (Lipinski definition) is 1. The average Bonchev–Trinajstić information content (AvgIpc) is 2.26. The van der Waals surface area contributed by atoms with Crippen LogP contribution in [0.4, 0.5) is 0 Å². The summed E-state index contributed by atoms with van der Waals surface area (Å²) >= 11 is 0. The molecular weight excluding hydrogens is 230 g/mol. The first kappa shape index (κ1) is 11.7. The van der Waals surface area contributed by atoms with Crippen LogP contribution in [-0.4, -0.2) is 18.8 Å². The Kier molecular flexibility index (Phi) is 2.29. The molecular formula is C14H19NO3. The molecule has 0 amide bonds. The van der Waals surface area contributed by atoms with E-state index in [1.54, 1.807) is 0 Å². The van der Waals surface area contributed by atoms with Crippen molar-refractivity contribution in [2.75, 3.05) is 13.2 Å². The lowest BCUT2D eigenvalue weighted by Crippen LogP contribution is -2.48. The van der Waals surface area contributed by atoms with Crippen LogP contribution in [-0.2, 0) is 5.54 Å². The molecule has 0 radical (unpaired) electrons. The second-order valence-electron chi connectivity index (χ2n) is 5.92. The monoisotopic (exact) mass is 249 g/mol. The fraction of sp³-hybridized carbons (Fsp3) is 0.571. The minimum Gasteiger partial charge on any atom is -0.486 e. The minimum absolute atomic E-state index is 0.299. The summed E-state index contributed by atoms with van der Waals surface area (Å²) < 4.78 is 17.4. The molecule has 4 heteroatoms. The molecule has 0 bridgehead atoms. The molecule has 0 fully saturated rings. The summed E-state index contributed by atoms with van der Waals surface area (Å²) in [5, 5.41) is 0. The van der Waals surface area contributed by atoms with Gasteiger partial charge in [-0.05, 0) is 32.9 Å². The van der Waals surface area contributed by atoms with Crippen molar-refractivity contribution in [2.24, 2.45) is 5.73 Å². The van der Waals surface area contributed by atoms with Gasteiger partial charge in [0.05, 0.1) is 0 Å². The predicted octanol–water partition coefficient (Wildman–Crippen LogP) is 2.19. The second kappa shape index (κ2) is 3.54. The van der Waals surface area contributed by atoms with E-state index in [4.69, 9.17) is 19.9 Å². The van der Waals surface area contributed by atoms with Crippen molar-refractivity contribution in [3.05, 3.63) is 17.7 Å². The van der Waals surface area contributed by atoms with Crippen molar-refractivity contribution < 1.29 is 14.2 Å². The lowest BCUT2D eigenvalue weighted by molar-refractivity contribution is 0.0421. The van der Waals surface area contributed by atoms with Crippen molar-refractivity contribution in [1.82, 2.24) is 0 Å². The molecule has 2 heterocycles. The third kappa shape index (κ3) is 1.72. The molecule has 2 aliphatic heterocycles. The molecule has 0 aliphatic carbocycles. The highest BCUT2D eigenvalue weighted by molar-refractivity contribution is 5.59. The first-order valence-corrected chi connectivity index (χ1v) is 6.30. The van der Waals surface area contributed by atoms with Gasteiger partial charge >= 0.3 is 0 Å². The van der Waals surface area contributed by atoms with Gasteiger partial charge in [-0.2, -0.15) is 0 Å². The van der Waals surface area contributed by atoms with E-state index in [1.165, 1.54) is 0 Å². The predicted molar refractivity (Wildman–Crippen MR) is 68.3 cm³/mol. The Hall–Kier alpha value is -1.42. The van der Waals surface area contributed by atoms with Crippen LogP contribution in [0.25, 0.3) is 0 Å². The number of ether oxygens (including phenoxy) is 3. The Labute approximate surface area is 107 Å². The summed E-state index contributed by atoms with van der Waals surface area (Å²) in [6.07, 6.45) is 0.770. The maximum atomic E-state index is 6.42. The summed E-state index contributed by atoms with van der Waals surface area (Å²) in [6.45, 7) is 7.25. The quantitative estimate of drug-likeness (QED) is 0.765. The van der Waals surface area contributed by atoms with Gasteiger partial charge in [0.15, 0.2) is 11.5 Å². The number of fused-ring (bicyclic) bond motifs is 3. The molecule has 0 aromatic heterocycles. The van der Waals surface area contributed by atoms with Crippen LogP contribution in [0.5, 0.6) is 17.2 Å². The third-order valence-corrected chi connectivity index (χ3v) is 3.45. The summed E-state index contributed by atoms with van der Waals surface area (Å²) in [6, 6.07) is 3.90. The molecule has 0 spiro atoms. The Morgan fingerprint density at radius 3 is 2.56 bits per heavy atom. The van der Waals surface area contributed by atoms with Crippen molar-refractivity contribution in [3.63, 3.8) is 0 Å². The lowest BCUT2D eigenvalue weighted by atomic mass is 9.79. The molecule has 3 rings (SSSR count). The molecule has 0 saturated heterocycles. The SMILES string of the molecule is CC1(C)CC(C)(N)c2ccc3c(c2O1)OCCO3. The minimum atomic E-state index is -0.410. The third-order valence-electron chi connectivity index (χ3n) is 3.45. The van der Waals surface area contributed by atoms with Gasteiger partial charge in [0.1, 0.15) is 18.8 Å². The molecule has 98 valence electrons. The highest BCUT2D eigenvalue weighted by Gasteiger charge is 2.42. The largest absolute Gasteiger partial charge is 0.486 e. The molecule has 4 nitrogen and oxygen atoms in total. The Morgan fingerprint density at radius 1 is 1.06 bits per heavy atom. The van der Waals surface area contributed by atoms with E-state index in [1.807, 2.05) is 32.9 Å². The summed E-state index contributed by atoms with van der Waals surface area (Å²) in [7, 11) is 0. The van der Waals surface area contributed by atoms with Crippen LogP contribution in [0, 0.1) is 0 Å². The fourth-order valence-electron chi connectivity index (χ4n) is 2.93. The topological polar surface area (TPSA) is 53.7 Å². The van der Waals surface area contributed by atoms with E-state index >= 15 is 0 Å². The molecule has 1 atom stereocenters. The highest BCUT2D eigenvalue weighted by atomic mass is 16.6. The van der Waals surface area contributed by atoms with Gasteiger partial charge in [-0.3, -0.25) is 0 Å². The Bertz CT molecular complexity index is 494. The first-order valence-electron chi connectivity index (χ1n) is 6.30. The van der Waals surface area contributed by atoms with Crippen LogP contribution in [0.3, 0.4) is 0 Å². The smallest absolute Gasteiger partial charge is 0.204 e. The molecule has 1 aromatic rings. The molecule has 0 saturated carbocycles. The Balaban J connectivity index is 2.18. The molecule has 2 aliphatic rings. The van der Waals surface area contributed by atoms with Gasteiger partial charge in [-0.25, -0.2) is 0 Å². The number of benzene rings is 1. The zero-order chi connectivity index (χ0) is 13.0. The standard InChI is InChI=1S/C14H19NO3/c1-13(2)8-14(3,15)9-4-5-10-12(11(9)18-13)17-7-6-16-10/h4-5H,6-8,15H2,1-3H3. The van der Waals surface area contributed by atoms with E-state index < -0.39 is 5.54 Å². The van der Waals surface area contributed by atoms with Crippen molar-refractivity contribution >= 4 is 0 Å². The van der Waals surface area contributed by atoms with E-state index in [0.29, 0.717) is 19.0 Å². The normalized spacial score (nSPS) is 28.2. The lowest BCUT2D eigenvalue weighted by Gasteiger charge is -2.43. The van der Waals surface area contributed by atoms with E-state index in [0.717, 1.165) is 23.5 Å². The van der Waals surface area contributed by atoms with Gasteiger partial charge in [-0.1, -0.05) is 0 Å². The number of rotatable bonds is 0. The van der Waals surface area contributed by atoms with E-state index in [2.05, 4.69) is 0 Å². The van der Waals surface area contributed by atoms with Crippen LogP contribution < -0.4 is 19.9 Å². The van der Waals surface area contributed by atoms with E-state index in [9.17, 15) is 0 Å². The number of nitrogens with two attached hydrogens (primary N) is 1. The van der Waals surface area contributed by atoms with E-state index in [-0.39, 0.29) is 5.60 Å². The zero-order valence-electron chi connectivity index (χ0n) is 11.1.